The summed E-state index contributed by atoms with van der Waals surface area (Å²) >= 11 is 0. The van der Waals surface area contributed by atoms with Gasteiger partial charge in [-0.2, -0.15) is 0 Å². The van der Waals surface area contributed by atoms with Crippen molar-refractivity contribution in [1.82, 2.24) is 4.98 Å². The molecule has 0 amide bonds. The lowest BCUT2D eigenvalue weighted by molar-refractivity contribution is 0.0696. The van der Waals surface area contributed by atoms with Gasteiger partial charge in [-0.25, -0.2) is 14.2 Å². The molecule has 1 aliphatic rings. The fraction of sp³-hybridized carbons (Fsp3) is 0.538. The number of nitrogens with zero attached hydrogens (tertiary/aromatic N) is 2. The molecule has 4 nitrogen and oxygen atoms in total. The van der Waals surface area contributed by atoms with E-state index in [1.54, 1.807) is 0 Å². The topological polar surface area (TPSA) is 53.4 Å². The van der Waals surface area contributed by atoms with Gasteiger partial charge in [-0.05, 0) is 31.7 Å². The number of aromatic nitrogens is 1. The van der Waals surface area contributed by atoms with E-state index >= 15 is 0 Å². The van der Waals surface area contributed by atoms with Gasteiger partial charge >= 0.3 is 5.97 Å². The zero-order chi connectivity index (χ0) is 13.1. The average Bonchev–Trinajstić information content (AvgIpc) is 2.28. The number of hydrogen-bond donors (Lipinski definition) is 1. The molecule has 18 heavy (non-hydrogen) atoms. The number of hydrogen-bond acceptors (Lipinski definition) is 3. The Morgan fingerprint density at radius 2 is 2.33 bits per heavy atom. The molecular weight excluding hydrogens is 235 g/mol. The van der Waals surface area contributed by atoms with Crippen molar-refractivity contribution in [2.45, 2.75) is 26.2 Å². The largest absolute Gasteiger partial charge is 0.478 e. The summed E-state index contributed by atoms with van der Waals surface area (Å²) in [6.45, 7) is 3.43. The van der Waals surface area contributed by atoms with Crippen molar-refractivity contribution in [3.63, 3.8) is 0 Å². The summed E-state index contributed by atoms with van der Waals surface area (Å²) in [4.78, 5) is 17.0. The number of anilines is 1. The molecule has 1 fully saturated rings. The van der Waals surface area contributed by atoms with E-state index in [4.69, 9.17) is 5.11 Å². The summed E-state index contributed by atoms with van der Waals surface area (Å²) in [6, 6.07) is 1.04. The quantitative estimate of drug-likeness (QED) is 0.875. The van der Waals surface area contributed by atoms with Crippen LogP contribution in [0.25, 0.3) is 0 Å². The summed E-state index contributed by atoms with van der Waals surface area (Å²) in [6.07, 6.45) is 4.68. The smallest absolute Gasteiger partial charge is 0.339 e. The van der Waals surface area contributed by atoms with Gasteiger partial charge < -0.3 is 10.0 Å². The molecule has 0 saturated heterocycles. The molecule has 0 radical (unpaired) electrons. The van der Waals surface area contributed by atoms with Gasteiger partial charge in [0.05, 0.1) is 6.20 Å². The fourth-order valence-electron chi connectivity index (χ4n) is 2.19. The molecule has 1 heterocycles. The van der Waals surface area contributed by atoms with E-state index in [0.717, 1.165) is 18.8 Å². The second-order valence-corrected chi connectivity index (χ2v) is 4.67. The van der Waals surface area contributed by atoms with Crippen LogP contribution in [0.1, 0.15) is 36.5 Å². The number of carboxylic acid groups (broad SMARTS) is 1. The molecule has 1 aliphatic carbocycles. The summed E-state index contributed by atoms with van der Waals surface area (Å²) in [7, 11) is 0. The van der Waals surface area contributed by atoms with E-state index in [2.05, 4.69) is 4.98 Å². The van der Waals surface area contributed by atoms with Gasteiger partial charge in [0.25, 0.3) is 0 Å². The van der Waals surface area contributed by atoms with Crippen LogP contribution >= 0.6 is 0 Å². The predicted molar refractivity (Wildman–Crippen MR) is 66.4 cm³/mol. The predicted octanol–water partition coefficient (Wildman–Crippen LogP) is 2.55. The van der Waals surface area contributed by atoms with Gasteiger partial charge in [0.15, 0.2) is 0 Å². The molecule has 1 aromatic rings. The monoisotopic (exact) mass is 252 g/mol. The zero-order valence-corrected chi connectivity index (χ0v) is 10.4. The van der Waals surface area contributed by atoms with Crippen molar-refractivity contribution < 1.29 is 14.3 Å². The van der Waals surface area contributed by atoms with Gasteiger partial charge in [0, 0.05) is 13.1 Å². The molecule has 0 atom stereocenters. The van der Waals surface area contributed by atoms with E-state index in [9.17, 15) is 9.18 Å². The Bertz CT molecular complexity index is 447. The Morgan fingerprint density at radius 3 is 2.83 bits per heavy atom. The first-order valence-electron chi connectivity index (χ1n) is 6.25. The van der Waals surface area contributed by atoms with Crippen molar-refractivity contribution in [1.29, 1.82) is 0 Å². The third-order valence-electron chi connectivity index (χ3n) is 3.45. The molecule has 1 saturated carbocycles. The van der Waals surface area contributed by atoms with Crippen molar-refractivity contribution in [3.8, 4) is 0 Å². The van der Waals surface area contributed by atoms with Crippen molar-refractivity contribution >= 4 is 11.8 Å². The highest BCUT2D eigenvalue weighted by Crippen LogP contribution is 2.29. The van der Waals surface area contributed by atoms with Crippen LogP contribution in [0.15, 0.2) is 12.3 Å². The number of carbonyl (C=O) groups is 1. The number of carboxylic acids is 1. The maximum Gasteiger partial charge on any atom is 0.339 e. The lowest BCUT2D eigenvalue weighted by Crippen LogP contribution is -2.34. The standard InChI is InChI=1S/C13H17FN2O2/c1-2-16(8-9-4-3-5-9)12-11(13(17)18)6-10(14)7-15-12/h6-7,9H,2-5,8H2,1H3,(H,17,18). The van der Waals surface area contributed by atoms with Crippen LogP contribution < -0.4 is 4.90 Å². The van der Waals surface area contributed by atoms with Crippen LogP contribution in [0.2, 0.25) is 0 Å². The van der Waals surface area contributed by atoms with Crippen molar-refractivity contribution in [3.05, 3.63) is 23.6 Å². The van der Waals surface area contributed by atoms with Gasteiger partial charge in [-0.15, -0.1) is 0 Å². The summed E-state index contributed by atoms with van der Waals surface area (Å²) in [5.41, 5.74) is -0.0591. The van der Waals surface area contributed by atoms with Crippen LogP contribution in [0.4, 0.5) is 10.2 Å². The second-order valence-electron chi connectivity index (χ2n) is 4.67. The minimum absolute atomic E-state index is 0.0591. The second kappa shape index (κ2) is 5.33. The summed E-state index contributed by atoms with van der Waals surface area (Å²) < 4.78 is 13.1. The highest BCUT2D eigenvalue weighted by Gasteiger charge is 2.24. The van der Waals surface area contributed by atoms with Gasteiger partial charge in [-0.3, -0.25) is 0 Å². The van der Waals surface area contributed by atoms with Gasteiger partial charge in [0.1, 0.15) is 17.2 Å². The van der Waals surface area contributed by atoms with Crippen LogP contribution in [-0.4, -0.2) is 29.1 Å². The van der Waals surface area contributed by atoms with Crippen LogP contribution in [0.3, 0.4) is 0 Å². The zero-order valence-electron chi connectivity index (χ0n) is 10.4. The van der Waals surface area contributed by atoms with E-state index in [0.29, 0.717) is 18.3 Å². The molecule has 2 rings (SSSR count). The van der Waals surface area contributed by atoms with Crippen molar-refractivity contribution in [2.24, 2.45) is 5.92 Å². The summed E-state index contributed by atoms with van der Waals surface area (Å²) in [5.74, 6) is -0.767. The molecule has 0 spiro atoms. The van der Waals surface area contributed by atoms with E-state index in [-0.39, 0.29) is 5.56 Å². The molecule has 0 bridgehead atoms. The molecule has 1 N–H and O–H groups in total. The first kappa shape index (κ1) is 12.8. The van der Waals surface area contributed by atoms with Gasteiger partial charge in [0.2, 0.25) is 0 Å². The molecule has 0 unspecified atom stereocenters. The third kappa shape index (κ3) is 2.60. The fourth-order valence-corrected chi connectivity index (χ4v) is 2.19. The maximum absolute atomic E-state index is 13.1. The Labute approximate surface area is 105 Å². The third-order valence-corrected chi connectivity index (χ3v) is 3.45. The van der Waals surface area contributed by atoms with E-state index in [1.165, 1.54) is 19.3 Å². The van der Waals surface area contributed by atoms with Gasteiger partial charge in [-0.1, -0.05) is 6.42 Å². The highest BCUT2D eigenvalue weighted by molar-refractivity contribution is 5.93. The van der Waals surface area contributed by atoms with Crippen LogP contribution in [-0.2, 0) is 0 Å². The molecule has 1 aromatic heterocycles. The lowest BCUT2D eigenvalue weighted by Gasteiger charge is -2.32. The number of rotatable bonds is 5. The Hall–Kier alpha value is -1.65. The first-order valence-corrected chi connectivity index (χ1v) is 6.25. The number of halogens is 1. The summed E-state index contributed by atoms with van der Waals surface area (Å²) in [5, 5.41) is 9.11. The molecule has 5 heteroatoms. The molecule has 0 aromatic carbocycles. The Balaban J connectivity index is 2.25. The highest BCUT2D eigenvalue weighted by atomic mass is 19.1. The van der Waals surface area contributed by atoms with E-state index in [1.807, 2.05) is 11.8 Å². The van der Waals surface area contributed by atoms with Crippen molar-refractivity contribution in [2.75, 3.05) is 18.0 Å². The number of aromatic carboxylic acids is 1. The first-order chi connectivity index (χ1) is 8.61. The molecular formula is C13H17FN2O2. The molecule has 0 aliphatic heterocycles. The van der Waals surface area contributed by atoms with E-state index < -0.39 is 11.8 Å². The minimum Gasteiger partial charge on any atom is -0.478 e. The lowest BCUT2D eigenvalue weighted by atomic mass is 9.85. The Morgan fingerprint density at radius 1 is 1.61 bits per heavy atom. The minimum atomic E-state index is -1.14. The Kier molecular flexibility index (Phi) is 3.79. The number of pyridine rings is 1. The maximum atomic E-state index is 13.1. The normalized spacial score (nSPS) is 15.2. The average molecular weight is 252 g/mol. The molecule has 98 valence electrons. The SMILES string of the molecule is CCN(CC1CCC1)c1ncc(F)cc1C(=O)O. The van der Waals surface area contributed by atoms with Crippen LogP contribution in [0, 0.1) is 11.7 Å². The van der Waals surface area contributed by atoms with Crippen LogP contribution in [0.5, 0.6) is 0 Å².